The minimum Gasteiger partial charge on any atom is -0.330 e. The van der Waals surface area contributed by atoms with Crippen molar-refractivity contribution in [3.63, 3.8) is 0 Å². The highest BCUT2D eigenvalue weighted by Gasteiger charge is 2.11. The molecule has 0 aliphatic rings. The summed E-state index contributed by atoms with van der Waals surface area (Å²) in [5.74, 6) is -0.248. The second kappa shape index (κ2) is 5.75. The molecule has 0 saturated heterocycles. The molecule has 1 amide bonds. The van der Waals surface area contributed by atoms with E-state index in [4.69, 9.17) is 5.73 Å². The average molecular weight is 261 g/mol. The molecule has 2 rings (SSSR count). The molecule has 5 heteroatoms. The Hall–Kier alpha value is -1.72. The van der Waals surface area contributed by atoms with Crippen LogP contribution in [0.1, 0.15) is 6.92 Å². The first-order chi connectivity index (χ1) is 8.70. The van der Waals surface area contributed by atoms with E-state index in [2.05, 4.69) is 10.3 Å². The summed E-state index contributed by atoms with van der Waals surface area (Å²) in [5.41, 5.74) is 7.24. The van der Waals surface area contributed by atoms with E-state index in [-0.39, 0.29) is 11.8 Å². The van der Waals surface area contributed by atoms with Crippen molar-refractivity contribution in [2.45, 2.75) is 6.92 Å². The lowest BCUT2D eigenvalue weighted by atomic mass is 10.1. The van der Waals surface area contributed by atoms with Crippen LogP contribution in [0, 0.1) is 5.92 Å². The van der Waals surface area contributed by atoms with Crippen molar-refractivity contribution in [1.82, 2.24) is 4.98 Å². The number of nitrogens with one attached hydrogen (secondary N) is 1. The first-order valence-corrected chi connectivity index (χ1v) is 6.59. The summed E-state index contributed by atoms with van der Waals surface area (Å²) in [6.45, 7) is 2.15. The number of amides is 1. The Kier molecular flexibility index (Phi) is 4.07. The Labute approximate surface area is 110 Å². The van der Waals surface area contributed by atoms with Gasteiger partial charge in [-0.2, -0.15) is 0 Å². The number of anilines is 1. The Morgan fingerprint density at radius 2 is 2.39 bits per heavy atom. The van der Waals surface area contributed by atoms with Crippen LogP contribution in [0.3, 0.4) is 0 Å². The van der Waals surface area contributed by atoms with Crippen LogP contribution in [0.5, 0.6) is 0 Å². The quantitative estimate of drug-likeness (QED) is 0.887. The minimum absolute atomic E-state index is 0.0613. The number of hydrogen-bond donors (Lipinski definition) is 2. The maximum absolute atomic E-state index is 11.7. The number of carbonyl (C=O) groups excluding carboxylic acids is 1. The van der Waals surface area contributed by atoms with Gasteiger partial charge in [0, 0.05) is 35.3 Å². The lowest BCUT2D eigenvalue weighted by molar-refractivity contribution is -0.119. The van der Waals surface area contributed by atoms with E-state index < -0.39 is 0 Å². The Bertz CT molecular complexity index is 525. The van der Waals surface area contributed by atoms with Crippen molar-refractivity contribution < 1.29 is 4.79 Å². The zero-order valence-corrected chi connectivity index (χ0v) is 10.9. The van der Waals surface area contributed by atoms with Crippen molar-refractivity contribution in [2.24, 2.45) is 11.7 Å². The van der Waals surface area contributed by atoms with E-state index in [0.717, 1.165) is 16.3 Å². The van der Waals surface area contributed by atoms with Crippen molar-refractivity contribution in [2.75, 3.05) is 11.9 Å². The van der Waals surface area contributed by atoms with Crippen LogP contribution in [-0.2, 0) is 4.79 Å². The van der Waals surface area contributed by atoms with E-state index in [0.29, 0.717) is 6.54 Å². The molecule has 1 heterocycles. The van der Waals surface area contributed by atoms with Gasteiger partial charge in [0.05, 0.1) is 0 Å². The van der Waals surface area contributed by atoms with Gasteiger partial charge in [-0.15, -0.1) is 11.3 Å². The van der Waals surface area contributed by atoms with Crippen LogP contribution in [0.25, 0.3) is 10.6 Å². The topological polar surface area (TPSA) is 68.0 Å². The SMILES string of the molecule is CC(CN)C(=O)Nc1cccc(-c2nccs2)c1. The average Bonchev–Trinajstić information content (AvgIpc) is 2.92. The summed E-state index contributed by atoms with van der Waals surface area (Å²) in [6.07, 6.45) is 1.77. The Morgan fingerprint density at radius 3 is 3.06 bits per heavy atom. The summed E-state index contributed by atoms with van der Waals surface area (Å²) in [4.78, 5) is 16.0. The fourth-order valence-corrected chi connectivity index (χ4v) is 2.10. The summed E-state index contributed by atoms with van der Waals surface area (Å²) in [5, 5.41) is 5.72. The van der Waals surface area contributed by atoms with E-state index in [1.54, 1.807) is 24.5 Å². The molecule has 0 bridgehead atoms. The summed E-state index contributed by atoms with van der Waals surface area (Å²) < 4.78 is 0. The van der Waals surface area contributed by atoms with Gasteiger partial charge in [-0.1, -0.05) is 19.1 Å². The summed E-state index contributed by atoms with van der Waals surface area (Å²) in [7, 11) is 0. The molecule has 1 atom stereocenters. The Morgan fingerprint density at radius 1 is 1.56 bits per heavy atom. The van der Waals surface area contributed by atoms with Crippen LogP contribution in [-0.4, -0.2) is 17.4 Å². The highest BCUT2D eigenvalue weighted by molar-refractivity contribution is 7.13. The highest BCUT2D eigenvalue weighted by atomic mass is 32.1. The van der Waals surface area contributed by atoms with Gasteiger partial charge in [-0.05, 0) is 12.1 Å². The zero-order chi connectivity index (χ0) is 13.0. The molecule has 4 nitrogen and oxygen atoms in total. The van der Waals surface area contributed by atoms with Crippen molar-refractivity contribution >= 4 is 22.9 Å². The molecule has 18 heavy (non-hydrogen) atoms. The van der Waals surface area contributed by atoms with Crippen molar-refractivity contribution in [1.29, 1.82) is 0 Å². The predicted octanol–water partition coefficient (Wildman–Crippen LogP) is 2.34. The molecule has 1 unspecified atom stereocenters. The molecule has 1 aromatic heterocycles. The van der Waals surface area contributed by atoms with E-state index in [1.165, 1.54) is 0 Å². The number of nitrogens with zero attached hydrogens (tertiary/aromatic N) is 1. The predicted molar refractivity (Wildman–Crippen MR) is 74.4 cm³/mol. The van der Waals surface area contributed by atoms with Gasteiger partial charge in [-0.25, -0.2) is 4.98 Å². The number of hydrogen-bond acceptors (Lipinski definition) is 4. The number of thiazole rings is 1. The standard InChI is InChI=1S/C13H15N3OS/c1-9(8-14)12(17)16-11-4-2-3-10(7-11)13-15-5-6-18-13/h2-7,9H,8,14H2,1H3,(H,16,17). The zero-order valence-electron chi connectivity index (χ0n) is 10.1. The lowest BCUT2D eigenvalue weighted by Gasteiger charge is -2.10. The van der Waals surface area contributed by atoms with E-state index >= 15 is 0 Å². The highest BCUT2D eigenvalue weighted by Crippen LogP contribution is 2.24. The molecule has 0 radical (unpaired) electrons. The summed E-state index contributed by atoms with van der Waals surface area (Å²) in [6, 6.07) is 7.65. The van der Waals surface area contributed by atoms with Gasteiger partial charge in [0.25, 0.3) is 0 Å². The molecule has 0 spiro atoms. The third-order valence-electron chi connectivity index (χ3n) is 2.61. The van der Waals surface area contributed by atoms with Crippen LogP contribution in [0.15, 0.2) is 35.8 Å². The third kappa shape index (κ3) is 2.94. The van der Waals surface area contributed by atoms with Gasteiger partial charge in [0.1, 0.15) is 5.01 Å². The maximum atomic E-state index is 11.7. The van der Waals surface area contributed by atoms with Crippen molar-refractivity contribution in [3.8, 4) is 10.6 Å². The number of benzene rings is 1. The molecule has 2 aromatic rings. The van der Waals surface area contributed by atoms with Gasteiger partial charge >= 0.3 is 0 Å². The summed E-state index contributed by atoms with van der Waals surface area (Å²) >= 11 is 1.57. The van der Waals surface area contributed by atoms with E-state index in [9.17, 15) is 4.79 Å². The number of rotatable bonds is 4. The number of nitrogens with two attached hydrogens (primary N) is 1. The van der Waals surface area contributed by atoms with Gasteiger partial charge in [0.2, 0.25) is 5.91 Å². The molecular weight excluding hydrogens is 246 g/mol. The maximum Gasteiger partial charge on any atom is 0.228 e. The fraction of sp³-hybridized carbons (Fsp3) is 0.231. The van der Waals surface area contributed by atoms with Gasteiger partial charge in [-0.3, -0.25) is 4.79 Å². The molecular formula is C13H15N3OS. The van der Waals surface area contributed by atoms with Gasteiger partial charge in [0.15, 0.2) is 0 Å². The van der Waals surface area contributed by atoms with Crippen LogP contribution < -0.4 is 11.1 Å². The molecule has 0 saturated carbocycles. The molecule has 0 fully saturated rings. The second-order valence-electron chi connectivity index (χ2n) is 4.04. The van der Waals surface area contributed by atoms with Crippen LogP contribution in [0.2, 0.25) is 0 Å². The third-order valence-corrected chi connectivity index (χ3v) is 3.43. The number of aromatic nitrogens is 1. The first-order valence-electron chi connectivity index (χ1n) is 5.71. The van der Waals surface area contributed by atoms with Crippen LogP contribution in [0.4, 0.5) is 5.69 Å². The number of carbonyl (C=O) groups is 1. The molecule has 1 aromatic carbocycles. The van der Waals surface area contributed by atoms with Gasteiger partial charge < -0.3 is 11.1 Å². The minimum atomic E-state index is -0.187. The van der Waals surface area contributed by atoms with E-state index in [1.807, 2.05) is 29.6 Å². The first kappa shape index (κ1) is 12.7. The Balaban J connectivity index is 2.16. The molecule has 3 N–H and O–H groups in total. The second-order valence-corrected chi connectivity index (χ2v) is 4.94. The smallest absolute Gasteiger partial charge is 0.228 e. The monoisotopic (exact) mass is 261 g/mol. The molecule has 94 valence electrons. The molecule has 0 aliphatic carbocycles. The normalized spacial score (nSPS) is 12.1. The molecule has 0 aliphatic heterocycles. The fourth-order valence-electron chi connectivity index (χ4n) is 1.47. The van der Waals surface area contributed by atoms with Crippen molar-refractivity contribution in [3.05, 3.63) is 35.8 Å². The van der Waals surface area contributed by atoms with Crippen LogP contribution >= 0.6 is 11.3 Å². The largest absolute Gasteiger partial charge is 0.330 e. The lowest BCUT2D eigenvalue weighted by Crippen LogP contribution is -2.26.